The van der Waals surface area contributed by atoms with Crippen LogP contribution in [0.5, 0.6) is 5.75 Å². The standard InChI is InChI=1S/C25H28F2N6O4S/c1-4-32-24(37)20-22(36)21(35)17(23(29)38-19(28)11-15-5-6-16(26)12-18(15)27)13-33(20)30(3)25(32)7-9-31(10-8-25)14(2)34/h5-6,12-13,28-29,36H,4,7-11H2,1-3H3. The molecule has 1 aromatic heterocycles. The smallest absolute Gasteiger partial charge is 0.278 e. The van der Waals surface area contributed by atoms with E-state index in [1.54, 1.807) is 28.8 Å². The zero-order chi connectivity index (χ0) is 27.9. The summed E-state index contributed by atoms with van der Waals surface area (Å²) in [6, 6.07) is 2.98. The van der Waals surface area contributed by atoms with E-state index in [0.29, 0.717) is 50.3 Å². The highest BCUT2D eigenvalue weighted by Crippen LogP contribution is 2.37. The molecule has 2 aromatic rings. The van der Waals surface area contributed by atoms with Crippen molar-refractivity contribution in [2.45, 2.75) is 38.8 Å². The maximum absolute atomic E-state index is 14.0. The number of hydrogen-bond acceptors (Lipinski definition) is 8. The fraction of sp³-hybridized carbons (Fsp3) is 0.400. The summed E-state index contributed by atoms with van der Waals surface area (Å²) in [6.45, 7) is 4.43. The van der Waals surface area contributed by atoms with E-state index in [2.05, 4.69) is 0 Å². The Morgan fingerprint density at radius 1 is 1.18 bits per heavy atom. The Hall–Kier alpha value is -3.74. The molecule has 1 saturated heterocycles. The van der Waals surface area contributed by atoms with Crippen LogP contribution in [0.3, 0.4) is 0 Å². The topological polar surface area (TPSA) is 134 Å². The van der Waals surface area contributed by atoms with Gasteiger partial charge in [0.2, 0.25) is 11.3 Å². The molecule has 2 aliphatic heterocycles. The van der Waals surface area contributed by atoms with Gasteiger partial charge in [-0.15, -0.1) is 0 Å². The summed E-state index contributed by atoms with van der Waals surface area (Å²) < 4.78 is 28.6. The van der Waals surface area contributed by atoms with Crippen LogP contribution in [0.2, 0.25) is 0 Å². The Labute approximate surface area is 221 Å². The fourth-order valence-electron chi connectivity index (χ4n) is 5.14. The van der Waals surface area contributed by atoms with Gasteiger partial charge in [0.15, 0.2) is 11.4 Å². The van der Waals surface area contributed by atoms with Crippen LogP contribution in [-0.4, -0.2) is 73.8 Å². The second-order valence-electron chi connectivity index (χ2n) is 9.24. The molecule has 202 valence electrons. The van der Waals surface area contributed by atoms with Crippen molar-refractivity contribution in [1.82, 2.24) is 14.5 Å². The van der Waals surface area contributed by atoms with Crippen molar-refractivity contribution < 1.29 is 23.5 Å². The molecule has 0 saturated carbocycles. The number of amides is 2. The third-order valence-electron chi connectivity index (χ3n) is 7.20. The van der Waals surface area contributed by atoms with Gasteiger partial charge >= 0.3 is 0 Å². The van der Waals surface area contributed by atoms with Gasteiger partial charge in [0.25, 0.3) is 5.91 Å². The molecule has 0 atom stereocenters. The SMILES string of the molecule is CCN1C(=O)c2c(O)c(=O)c(C(=N)SC(=N)Cc3ccc(F)cc3F)cn2N(C)C12CCN(C(C)=O)CC2. The number of likely N-dealkylation sites (tertiary alicyclic amines) is 1. The number of rotatable bonds is 4. The molecule has 38 heavy (non-hydrogen) atoms. The zero-order valence-electron chi connectivity index (χ0n) is 21.2. The molecule has 1 aromatic carbocycles. The van der Waals surface area contributed by atoms with Gasteiger partial charge in [-0.05, 0) is 18.6 Å². The normalized spacial score (nSPS) is 16.6. The summed E-state index contributed by atoms with van der Waals surface area (Å²) in [7, 11) is 1.71. The van der Waals surface area contributed by atoms with Crippen molar-refractivity contribution in [3.8, 4) is 5.75 Å². The van der Waals surface area contributed by atoms with Crippen LogP contribution in [-0.2, 0) is 11.2 Å². The number of fused-ring (bicyclic) bond motifs is 1. The minimum absolute atomic E-state index is 0.0607. The molecule has 0 bridgehead atoms. The number of aromatic nitrogens is 1. The van der Waals surface area contributed by atoms with Gasteiger partial charge < -0.3 is 14.9 Å². The molecule has 3 N–H and O–H groups in total. The maximum atomic E-state index is 14.0. The van der Waals surface area contributed by atoms with Crippen molar-refractivity contribution >= 4 is 33.7 Å². The molecule has 1 spiro atoms. The lowest BCUT2D eigenvalue weighted by Crippen LogP contribution is -2.72. The van der Waals surface area contributed by atoms with Crippen LogP contribution in [0.4, 0.5) is 8.78 Å². The number of pyridine rings is 1. The van der Waals surface area contributed by atoms with E-state index in [9.17, 15) is 28.3 Å². The Kier molecular flexibility index (Phi) is 7.33. The van der Waals surface area contributed by atoms with Gasteiger partial charge in [-0.25, -0.2) is 8.78 Å². The summed E-state index contributed by atoms with van der Waals surface area (Å²) in [5.74, 6) is -2.99. The molecule has 0 unspecified atom stereocenters. The molecule has 10 nitrogen and oxygen atoms in total. The minimum Gasteiger partial charge on any atom is -0.502 e. The molecule has 0 aliphatic carbocycles. The van der Waals surface area contributed by atoms with E-state index in [0.717, 1.165) is 6.07 Å². The Bertz CT molecular complexity index is 1400. The molecule has 2 amide bonds. The lowest BCUT2D eigenvalue weighted by atomic mass is 9.92. The fourth-order valence-corrected chi connectivity index (χ4v) is 5.87. The van der Waals surface area contributed by atoms with Crippen molar-refractivity contribution in [2.75, 3.05) is 31.7 Å². The van der Waals surface area contributed by atoms with Crippen LogP contribution in [0.1, 0.15) is 48.3 Å². The quantitative estimate of drug-likeness (QED) is 0.399. The lowest BCUT2D eigenvalue weighted by molar-refractivity contribution is -0.131. The van der Waals surface area contributed by atoms with Crippen molar-refractivity contribution in [1.29, 1.82) is 10.8 Å². The maximum Gasteiger partial charge on any atom is 0.278 e. The molecular weight excluding hydrogens is 518 g/mol. The number of aromatic hydroxyl groups is 1. The van der Waals surface area contributed by atoms with Gasteiger partial charge in [0.1, 0.15) is 22.3 Å². The zero-order valence-corrected chi connectivity index (χ0v) is 22.0. The number of hydrogen-bond donors (Lipinski definition) is 3. The van der Waals surface area contributed by atoms with E-state index >= 15 is 0 Å². The number of halogens is 2. The summed E-state index contributed by atoms with van der Waals surface area (Å²) in [5, 5.41) is 28.6. The van der Waals surface area contributed by atoms with Crippen LogP contribution in [0.15, 0.2) is 29.2 Å². The molecule has 1 fully saturated rings. The van der Waals surface area contributed by atoms with E-state index < -0.39 is 34.4 Å². The number of carbonyl (C=O) groups excluding carboxylic acids is 2. The summed E-state index contributed by atoms with van der Waals surface area (Å²) >= 11 is 0.595. The number of nitrogens with zero attached hydrogens (tertiary/aromatic N) is 4. The van der Waals surface area contributed by atoms with Crippen molar-refractivity contribution in [2.24, 2.45) is 0 Å². The second-order valence-corrected chi connectivity index (χ2v) is 10.3. The number of nitrogens with one attached hydrogen (secondary N) is 2. The van der Waals surface area contributed by atoms with Crippen LogP contribution < -0.4 is 10.4 Å². The minimum atomic E-state index is -0.935. The first-order valence-corrected chi connectivity index (χ1v) is 12.8. The highest BCUT2D eigenvalue weighted by Gasteiger charge is 2.51. The highest BCUT2D eigenvalue weighted by molar-refractivity contribution is 8.26. The van der Waals surface area contributed by atoms with Crippen LogP contribution in [0, 0.1) is 22.5 Å². The summed E-state index contributed by atoms with van der Waals surface area (Å²) in [6.07, 6.45) is 1.94. The summed E-state index contributed by atoms with van der Waals surface area (Å²) in [5.41, 5.74) is -2.17. The van der Waals surface area contributed by atoms with E-state index in [1.165, 1.54) is 23.9 Å². The van der Waals surface area contributed by atoms with E-state index in [4.69, 9.17) is 10.8 Å². The average Bonchev–Trinajstić information content (AvgIpc) is 2.86. The first kappa shape index (κ1) is 27.3. The third kappa shape index (κ3) is 4.55. The van der Waals surface area contributed by atoms with Crippen LogP contribution >= 0.6 is 11.8 Å². The predicted molar refractivity (Wildman–Crippen MR) is 140 cm³/mol. The molecule has 3 heterocycles. The Balaban J connectivity index is 1.67. The van der Waals surface area contributed by atoms with Crippen LogP contribution in [0.25, 0.3) is 0 Å². The molecule has 2 aliphatic rings. The Morgan fingerprint density at radius 3 is 2.42 bits per heavy atom. The number of carbonyl (C=O) groups is 2. The number of benzene rings is 1. The monoisotopic (exact) mass is 546 g/mol. The first-order valence-electron chi connectivity index (χ1n) is 12.0. The van der Waals surface area contributed by atoms with E-state index in [1.807, 2.05) is 0 Å². The molecule has 0 radical (unpaired) electrons. The van der Waals surface area contributed by atoms with Crippen molar-refractivity contribution in [3.63, 3.8) is 0 Å². The van der Waals surface area contributed by atoms with Crippen molar-refractivity contribution in [3.05, 3.63) is 63.1 Å². The molecule has 4 rings (SSSR count). The third-order valence-corrected chi connectivity index (χ3v) is 8.02. The van der Waals surface area contributed by atoms with Gasteiger partial charge in [-0.1, -0.05) is 17.8 Å². The number of thioether (sulfide) groups is 1. The lowest BCUT2D eigenvalue weighted by Gasteiger charge is -2.57. The second kappa shape index (κ2) is 10.2. The Morgan fingerprint density at radius 2 is 1.84 bits per heavy atom. The number of piperidine rings is 1. The first-order chi connectivity index (χ1) is 17.9. The largest absolute Gasteiger partial charge is 0.502 e. The van der Waals surface area contributed by atoms with Gasteiger partial charge in [0, 0.05) is 65.1 Å². The summed E-state index contributed by atoms with van der Waals surface area (Å²) in [4.78, 5) is 41.7. The van der Waals surface area contributed by atoms with E-state index in [-0.39, 0.29) is 39.2 Å². The molecule has 13 heteroatoms. The van der Waals surface area contributed by atoms with Gasteiger partial charge in [-0.2, -0.15) is 0 Å². The van der Waals surface area contributed by atoms with Gasteiger partial charge in [-0.3, -0.25) is 34.9 Å². The average molecular weight is 547 g/mol. The molecular formula is C25H28F2N6O4S. The highest BCUT2D eigenvalue weighted by atomic mass is 32.2. The van der Waals surface area contributed by atoms with Gasteiger partial charge in [0.05, 0.1) is 10.6 Å². The predicted octanol–water partition coefficient (Wildman–Crippen LogP) is 2.49.